The van der Waals surface area contributed by atoms with E-state index in [1.807, 2.05) is 0 Å². The van der Waals surface area contributed by atoms with E-state index < -0.39 is 139 Å². The van der Waals surface area contributed by atoms with Crippen LogP contribution in [-0.4, -0.2) is 175 Å². The Bertz CT molecular complexity index is 2840. The van der Waals surface area contributed by atoms with Gasteiger partial charge in [-0.1, -0.05) is 86.6 Å². The zero-order valence-electron chi connectivity index (χ0n) is 45.5. The molecule has 0 unspecified atom stereocenters. The number of carboxylic acids is 2. The molecular formula is C54H72N14O15. The predicted octanol–water partition coefficient (Wildman–Crippen LogP) is -4.15. The average Bonchev–Trinajstić information content (AvgIpc) is 4.09. The Morgan fingerprint density at radius 3 is 1.37 bits per heavy atom. The fourth-order valence-electron chi connectivity index (χ4n) is 8.15. The third-order valence-corrected chi connectivity index (χ3v) is 12.6. The maximum absolute atomic E-state index is 14.5. The summed E-state index contributed by atoms with van der Waals surface area (Å²) in [7, 11) is 0. The highest BCUT2D eigenvalue weighted by Gasteiger charge is 2.36. The number of guanidine groups is 1. The summed E-state index contributed by atoms with van der Waals surface area (Å²) >= 11 is 0. The number of aliphatic hydroxyl groups is 2. The second-order valence-electron chi connectivity index (χ2n) is 19.5. The first-order chi connectivity index (χ1) is 39.5. The van der Waals surface area contributed by atoms with Crippen molar-refractivity contribution < 1.29 is 73.5 Å². The maximum Gasteiger partial charge on any atom is 0.326 e. The minimum Gasteiger partial charge on any atom is -0.508 e. The lowest BCUT2D eigenvalue weighted by Gasteiger charge is -2.28. The number of benzene rings is 3. The van der Waals surface area contributed by atoms with Crippen LogP contribution in [0.5, 0.6) is 5.75 Å². The van der Waals surface area contributed by atoms with Gasteiger partial charge in [-0.05, 0) is 47.6 Å². The van der Waals surface area contributed by atoms with Crippen molar-refractivity contribution in [3.63, 3.8) is 0 Å². The standard InChI is InChI=1S/C54H72N14O15/c1-29(2)44(53(82)83)68-50(79)40(24-43(72)73)65-48(77)39(21-31-12-7-4-8-13-31)64-47(76)38(20-30-10-5-3-6-11-30)63-46(75)36(14-9-19-59-54(56)57)61-51(80)41(26-69)67-52(81)42(27-70)66-49(78)37(22-32-15-17-34(71)18-16-32)62-45(74)35(55)23-33-25-58-28-60-33/h3-8,10-13,15-18,25,28-29,35-42,44,69-71H,9,14,19-24,26-27,55H2,1-2H3,(H,58,60)(H,61,80)(H,62,74)(H,63,75)(H,64,76)(H,65,77)(H,66,78)(H,67,81)(H,68,79)(H,72,73)(H,82,83)(H4,56,57,59)/t35-,36-,37-,38-,39-,40-,41-,42-,44-/m0/s1. The largest absolute Gasteiger partial charge is 0.508 e. The molecule has 0 aliphatic heterocycles. The van der Waals surface area contributed by atoms with Gasteiger partial charge in [-0.15, -0.1) is 0 Å². The van der Waals surface area contributed by atoms with E-state index in [0.29, 0.717) is 22.4 Å². The van der Waals surface area contributed by atoms with Gasteiger partial charge in [0.05, 0.1) is 32.0 Å². The molecule has 8 amide bonds. The molecule has 448 valence electrons. The van der Waals surface area contributed by atoms with Crippen LogP contribution in [-0.2, 0) is 73.6 Å². The molecule has 0 saturated carbocycles. The number of phenolic OH excluding ortho intramolecular Hbond substituents is 1. The molecule has 29 nitrogen and oxygen atoms in total. The fourth-order valence-corrected chi connectivity index (χ4v) is 8.15. The van der Waals surface area contributed by atoms with Gasteiger partial charge in [0, 0.05) is 44.1 Å². The highest BCUT2D eigenvalue weighted by atomic mass is 16.4. The van der Waals surface area contributed by atoms with Crippen LogP contribution in [0, 0.1) is 5.92 Å². The number of H-pyrrole nitrogens is 1. The average molecular weight is 1160 g/mol. The maximum atomic E-state index is 14.5. The van der Waals surface area contributed by atoms with Crippen LogP contribution >= 0.6 is 0 Å². The summed E-state index contributed by atoms with van der Waals surface area (Å²) in [6.45, 7) is 0.779. The number of nitrogens with one attached hydrogen (secondary N) is 9. The monoisotopic (exact) mass is 1160 g/mol. The fraction of sp³-hybridized carbons (Fsp3) is 0.407. The van der Waals surface area contributed by atoms with E-state index in [-0.39, 0.29) is 56.8 Å². The number of carbonyl (C=O) groups excluding carboxylic acids is 8. The molecule has 0 aliphatic rings. The van der Waals surface area contributed by atoms with E-state index in [1.165, 1.54) is 50.6 Å². The molecule has 1 aromatic heterocycles. The number of hydrogen-bond acceptors (Lipinski definition) is 16. The highest BCUT2D eigenvalue weighted by Crippen LogP contribution is 2.14. The van der Waals surface area contributed by atoms with E-state index in [9.17, 15) is 73.5 Å². The second kappa shape index (κ2) is 33.3. The number of carboxylic acid groups (broad SMARTS) is 2. The van der Waals surface area contributed by atoms with Crippen molar-refractivity contribution in [2.24, 2.45) is 28.1 Å². The van der Waals surface area contributed by atoms with Crippen LogP contribution in [0.1, 0.15) is 55.5 Å². The summed E-state index contributed by atoms with van der Waals surface area (Å²) in [6, 6.07) is 7.88. The predicted molar refractivity (Wildman–Crippen MR) is 297 cm³/mol. The number of aromatic nitrogens is 2. The number of imidazole rings is 1. The zero-order chi connectivity index (χ0) is 61.2. The molecule has 0 aliphatic carbocycles. The Kier molecular flexibility index (Phi) is 26.5. The third-order valence-electron chi connectivity index (χ3n) is 12.6. The molecule has 9 atom stereocenters. The molecule has 0 saturated heterocycles. The lowest BCUT2D eigenvalue weighted by Crippen LogP contribution is -2.61. The van der Waals surface area contributed by atoms with Gasteiger partial charge in [-0.3, -0.25) is 48.1 Å². The van der Waals surface area contributed by atoms with Gasteiger partial charge in [-0.2, -0.15) is 0 Å². The quantitative estimate of drug-likeness (QED) is 0.0120. The van der Waals surface area contributed by atoms with E-state index in [2.05, 4.69) is 57.5 Å². The topological polar surface area (TPSA) is 487 Å². The Balaban J connectivity index is 1.59. The van der Waals surface area contributed by atoms with Crippen LogP contribution in [0.25, 0.3) is 0 Å². The van der Waals surface area contributed by atoms with Crippen molar-refractivity contribution in [3.8, 4) is 5.75 Å². The van der Waals surface area contributed by atoms with Crippen LogP contribution in [0.4, 0.5) is 0 Å². The minimum absolute atomic E-state index is 0.00616. The van der Waals surface area contributed by atoms with Gasteiger partial charge in [0.1, 0.15) is 54.1 Å². The van der Waals surface area contributed by atoms with E-state index in [1.54, 1.807) is 60.7 Å². The van der Waals surface area contributed by atoms with Gasteiger partial charge in [0.15, 0.2) is 5.96 Å². The molecule has 4 rings (SSSR count). The Morgan fingerprint density at radius 1 is 0.542 bits per heavy atom. The third kappa shape index (κ3) is 22.5. The second-order valence-corrected chi connectivity index (χ2v) is 19.5. The molecule has 0 bridgehead atoms. The first kappa shape index (κ1) is 66.0. The lowest BCUT2D eigenvalue weighted by atomic mass is 10.0. The summed E-state index contributed by atoms with van der Waals surface area (Å²) in [5, 5.41) is 69.3. The molecule has 1 heterocycles. The van der Waals surface area contributed by atoms with Crippen LogP contribution in [0.3, 0.4) is 0 Å². The number of hydrogen-bond donors (Lipinski definition) is 17. The number of nitrogens with two attached hydrogens (primary N) is 3. The van der Waals surface area contributed by atoms with Gasteiger partial charge >= 0.3 is 11.9 Å². The van der Waals surface area contributed by atoms with E-state index in [0.717, 1.165) is 0 Å². The van der Waals surface area contributed by atoms with Gasteiger partial charge in [0.25, 0.3) is 0 Å². The zero-order valence-corrected chi connectivity index (χ0v) is 45.5. The van der Waals surface area contributed by atoms with Gasteiger partial charge in [0.2, 0.25) is 47.3 Å². The van der Waals surface area contributed by atoms with Crippen LogP contribution < -0.4 is 59.7 Å². The molecule has 0 radical (unpaired) electrons. The number of aliphatic carboxylic acids is 2. The summed E-state index contributed by atoms with van der Waals surface area (Å²) in [5.41, 5.74) is 19.1. The van der Waals surface area contributed by atoms with E-state index >= 15 is 0 Å². The number of aromatic amines is 1. The molecule has 0 spiro atoms. The Hall–Kier alpha value is -9.48. The first-order valence-corrected chi connectivity index (χ1v) is 26.2. The van der Waals surface area contributed by atoms with Crippen molar-refractivity contribution in [2.75, 3.05) is 19.8 Å². The number of aliphatic hydroxyl groups excluding tert-OH is 2. The smallest absolute Gasteiger partial charge is 0.326 e. The van der Waals surface area contributed by atoms with Crippen molar-refractivity contribution in [1.82, 2.24) is 52.5 Å². The van der Waals surface area contributed by atoms with Crippen LogP contribution in [0.15, 0.2) is 102 Å². The Labute approximate surface area is 476 Å². The number of aromatic hydroxyl groups is 1. The normalized spacial score (nSPS) is 14.2. The summed E-state index contributed by atoms with van der Waals surface area (Å²) in [5.74, 6) is -12.3. The van der Waals surface area contributed by atoms with Gasteiger partial charge in [-0.25, -0.2) is 9.78 Å². The minimum atomic E-state index is -1.86. The molecule has 20 N–H and O–H groups in total. The molecule has 3 aromatic carbocycles. The lowest BCUT2D eigenvalue weighted by molar-refractivity contribution is -0.144. The van der Waals surface area contributed by atoms with Crippen LogP contribution in [0.2, 0.25) is 0 Å². The van der Waals surface area contributed by atoms with Crippen molar-refractivity contribution in [1.29, 1.82) is 0 Å². The van der Waals surface area contributed by atoms with Crippen molar-refractivity contribution >= 4 is 65.2 Å². The SMILES string of the molecule is CC(C)[C@H](NC(=O)[C@H](CC(=O)O)NC(=O)[C@H](Cc1ccccc1)NC(=O)[C@H](Cc1ccccc1)NC(=O)[C@H](CCCN=C(N)N)NC(=O)[C@H](CO)NC(=O)[C@H](CO)NC(=O)[C@H](Cc1ccc(O)cc1)NC(=O)[C@@H](N)Cc1cnc[nH]1)C(=O)O. The van der Waals surface area contributed by atoms with Crippen molar-refractivity contribution in [2.45, 2.75) is 113 Å². The molecule has 83 heavy (non-hydrogen) atoms. The molecule has 0 fully saturated rings. The van der Waals surface area contributed by atoms with Gasteiger partial charge < -0.3 is 90.3 Å². The summed E-state index contributed by atoms with van der Waals surface area (Å²) in [4.78, 5) is 146. The number of phenols is 1. The number of nitrogens with zero attached hydrogens (tertiary/aromatic N) is 2. The first-order valence-electron chi connectivity index (χ1n) is 26.2. The number of rotatable bonds is 34. The molecule has 4 aromatic rings. The van der Waals surface area contributed by atoms with E-state index in [4.69, 9.17) is 17.2 Å². The number of amides is 8. The van der Waals surface area contributed by atoms with Crippen molar-refractivity contribution in [3.05, 3.63) is 120 Å². The number of carbonyl (C=O) groups is 10. The molecular weight excluding hydrogens is 1080 g/mol. The Morgan fingerprint density at radius 2 is 0.952 bits per heavy atom. The summed E-state index contributed by atoms with van der Waals surface area (Å²) < 4.78 is 0. The number of aliphatic imine (C=N–C) groups is 1. The summed E-state index contributed by atoms with van der Waals surface area (Å²) in [6.07, 6.45) is 0.984. The highest BCUT2D eigenvalue weighted by molar-refractivity contribution is 5.99. The molecule has 29 heteroatoms.